The Bertz CT molecular complexity index is 1780. The molecule has 14 nitrogen and oxygen atoms in total. The average Bonchev–Trinajstić information content (AvgIpc) is 3.04. The first-order valence-electron chi connectivity index (χ1n) is 18.8. The molecule has 0 saturated carbocycles. The summed E-state index contributed by atoms with van der Waals surface area (Å²) < 4.78 is 117. The van der Waals surface area contributed by atoms with Gasteiger partial charge in [-0.2, -0.15) is 8.42 Å². The molecule has 2 aromatic carbocycles. The van der Waals surface area contributed by atoms with E-state index in [1.807, 2.05) is 0 Å². The SMILES string of the molecule is C1CN2CCN1CC2.O=S(=O)(Cl)c1ccccc1.[2H]C([2H])(NC(=O)OC(C)(C)C)C([2H])([2H])OS(=O)(=O)c1ccccc1.[2H]C([2H])(O)C([2H])([2H])NC(=O)OC(C)(C)C. The number of ether oxygens (including phenoxy) is 2. The molecule has 2 bridgehead atoms. The molecular formula is C32H51ClN4O10S2. The molecule has 5 rings (SSSR count). The van der Waals surface area contributed by atoms with Crippen molar-refractivity contribution in [2.45, 2.75) is 62.5 Å². The highest BCUT2D eigenvalue weighted by Crippen LogP contribution is 2.13. The molecule has 3 N–H and O–H groups in total. The van der Waals surface area contributed by atoms with Gasteiger partial charge in [-0.25, -0.2) is 18.0 Å². The minimum atomic E-state index is -4.58. The van der Waals surface area contributed by atoms with Gasteiger partial charge in [0, 0.05) is 62.9 Å². The van der Waals surface area contributed by atoms with Crippen LogP contribution in [0.5, 0.6) is 0 Å². The molecule has 3 heterocycles. The topological polar surface area (TPSA) is 181 Å². The normalized spacial score (nSPS) is 20.6. The monoisotopic (exact) mass is 758 g/mol. The van der Waals surface area contributed by atoms with Crippen molar-refractivity contribution in [3.8, 4) is 0 Å². The molecule has 17 heteroatoms. The number of benzene rings is 2. The quantitative estimate of drug-likeness (QED) is 0.263. The Kier molecular flexibility index (Phi) is 13.9. The van der Waals surface area contributed by atoms with Gasteiger partial charge in [0.05, 0.1) is 33.9 Å². The molecule has 0 aliphatic carbocycles. The number of fused-ring (bicyclic) bond motifs is 3. The lowest BCUT2D eigenvalue weighted by Crippen LogP contribution is -2.55. The Hall–Kier alpha value is -2.99. The molecule has 0 radical (unpaired) electrons. The van der Waals surface area contributed by atoms with Crippen LogP contribution in [0, 0.1) is 0 Å². The Balaban J connectivity index is 0.000000415. The number of hydrogen-bond acceptors (Lipinski definition) is 12. The Labute approximate surface area is 306 Å². The highest BCUT2D eigenvalue weighted by atomic mass is 35.7. The van der Waals surface area contributed by atoms with Gasteiger partial charge in [-0.1, -0.05) is 36.4 Å². The molecule has 0 spiro atoms. The second-order valence-corrected chi connectivity index (χ2v) is 16.1. The summed E-state index contributed by atoms with van der Waals surface area (Å²) in [5.41, 5.74) is -1.76. The summed E-state index contributed by atoms with van der Waals surface area (Å²) in [4.78, 5) is 27.6. The van der Waals surface area contributed by atoms with E-state index in [2.05, 4.69) is 14.0 Å². The molecule has 3 aliphatic rings. The van der Waals surface area contributed by atoms with Crippen molar-refractivity contribution in [3.63, 3.8) is 0 Å². The zero-order valence-electron chi connectivity index (χ0n) is 36.2. The summed E-state index contributed by atoms with van der Waals surface area (Å²) in [6, 6.07) is 14.6. The van der Waals surface area contributed by atoms with Crippen LogP contribution < -0.4 is 10.6 Å². The number of carbonyl (C=O) groups is 2. The number of amides is 2. The van der Waals surface area contributed by atoms with Gasteiger partial charge in [0.25, 0.3) is 19.2 Å². The van der Waals surface area contributed by atoms with Crippen LogP contribution in [0.1, 0.15) is 52.5 Å². The minimum Gasteiger partial charge on any atom is -0.444 e. The summed E-state index contributed by atoms with van der Waals surface area (Å²) in [7, 11) is -3.08. The van der Waals surface area contributed by atoms with Gasteiger partial charge < -0.3 is 25.2 Å². The van der Waals surface area contributed by atoms with E-state index in [4.69, 9.17) is 36.2 Å². The summed E-state index contributed by atoms with van der Waals surface area (Å²) >= 11 is 0. The fraction of sp³-hybridized carbons (Fsp3) is 0.562. The molecule has 0 unspecified atom stereocenters. The number of halogens is 1. The van der Waals surface area contributed by atoms with Crippen LogP contribution in [0.2, 0.25) is 0 Å². The second-order valence-electron chi connectivity index (χ2n) is 12.0. The molecule has 0 atom stereocenters. The standard InChI is InChI=1S/C13H19NO5S.C7H15NO3.C6H5ClO2S.C6H12N2/c1-13(2,3)19-12(15)14-9-10-18-20(16,17)11-7-5-4-6-8-11;1-7(2,3)11-6(10)8-4-5-9;7-10(8,9)6-4-2-1-3-5-6;1-2-8-5-3-7(1)4-6-8/h4-8H,9-10H2,1-3H3,(H,14,15);9H,4-5H2,1-3H3,(H,8,10);1-5H;1-6H2/i9D2,10D2;4D2,5D2;;. The average molecular weight is 759 g/mol. The Morgan fingerprint density at radius 3 is 1.41 bits per heavy atom. The molecule has 49 heavy (non-hydrogen) atoms. The van der Waals surface area contributed by atoms with E-state index in [0.29, 0.717) is 0 Å². The van der Waals surface area contributed by atoms with E-state index in [-0.39, 0.29) is 9.79 Å². The van der Waals surface area contributed by atoms with Gasteiger partial charge in [-0.15, -0.1) is 0 Å². The number of nitrogens with one attached hydrogen (secondary N) is 2. The van der Waals surface area contributed by atoms with Crippen molar-refractivity contribution in [3.05, 3.63) is 60.7 Å². The maximum atomic E-state index is 12.0. The molecule has 2 amide bonds. The molecular weight excluding hydrogens is 700 g/mol. The van der Waals surface area contributed by atoms with Gasteiger partial charge in [0.15, 0.2) is 0 Å². The fourth-order valence-corrected chi connectivity index (χ4v) is 5.10. The van der Waals surface area contributed by atoms with Crippen molar-refractivity contribution < 1.29 is 56.2 Å². The lowest BCUT2D eigenvalue weighted by Gasteiger charge is -2.41. The number of aliphatic hydroxyl groups is 1. The Morgan fingerprint density at radius 1 is 0.735 bits per heavy atom. The van der Waals surface area contributed by atoms with Gasteiger partial charge >= 0.3 is 12.2 Å². The van der Waals surface area contributed by atoms with E-state index >= 15 is 0 Å². The maximum Gasteiger partial charge on any atom is 0.407 e. The number of carbonyl (C=O) groups excluding carboxylic acids is 2. The van der Waals surface area contributed by atoms with Crippen LogP contribution in [0.25, 0.3) is 0 Å². The van der Waals surface area contributed by atoms with Gasteiger partial charge in [-0.3, -0.25) is 14.0 Å². The number of nitrogens with zero attached hydrogens (tertiary/aromatic N) is 2. The lowest BCUT2D eigenvalue weighted by atomic mass is 10.2. The third-order valence-corrected chi connectivity index (χ3v) is 8.16. The van der Waals surface area contributed by atoms with Crippen molar-refractivity contribution in [2.24, 2.45) is 0 Å². The molecule has 3 saturated heterocycles. The first-order chi connectivity index (χ1) is 25.6. The molecule has 0 aromatic heterocycles. The van der Waals surface area contributed by atoms with Gasteiger partial charge in [0.2, 0.25) is 0 Å². The molecule has 2 aromatic rings. The van der Waals surface area contributed by atoms with Crippen molar-refractivity contribution in [2.75, 3.05) is 65.4 Å². The zero-order valence-corrected chi connectivity index (χ0v) is 30.6. The van der Waals surface area contributed by atoms with Gasteiger partial charge in [0.1, 0.15) is 11.2 Å². The Morgan fingerprint density at radius 2 is 1.10 bits per heavy atom. The first-order valence-corrected chi connectivity index (χ1v) is 18.5. The largest absolute Gasteiger partial charge is 0.444 e. The fourth-order valence-electron chi connectivity index (χ4n) is 3.58. The van der Waals surface area contributed by atoms with Crippen LogP contribution in [-0.4, -0.2) is 121 Å². The van der Waals surface area contributed by atoms with E-state index in [0.717, 1.165) is 0 Å². The predicted molar refractivity (Wildman–Crippen MR) is 187 cm³/mol. The van der Waals surface area contributed by atoms with E-state index < -0.39 is 68.7 Å². The van der Waals surface area contributed by atoms with Crippen molar-refractivity contribution in [1.82, 2.24) is 20.4 Å². The zero-order chi connectivity index (χ0) is 44.3. The predicted octanol–water partition coefficient (Wildman–Crippen LogP) is 3.65. The second kappa shape index (κ2) is 21.3. The smallest absolute Gasteiger partial charge is 0.407 e. The molecule has 3 aliphatic heterocycles. The highest BCUT2D eigenvalue weighted by Gasteiger charge is 2.22. The maximum absolute atomic E-state index is 12.0. The number of rotatable bonds is 8. The van der Waals surface area contributed by atoms with E-state index in [9.17, 15) is 26.4 Å². The lowest BCUT2D eigenvalue weighted by molar-refractivity contribution is 0.0508. The van der Waals surface area contributed by atoms with E-state index in [1.165, 1.54) is 96.4 Å². The van der Waals surface area contributed by atoms with Crippen LogP contribution in [0.3, 0.4) is 0 Å². The van der Waals surface area contributed by atoms with Crippen molar-refractivity contribution in [1.29, 1.82) is 0 Å². The van der Waals surface area contributed by atoms with Crippen molar-refractivity contribution >= 4 is 42.0 Å². The summed E-state index contributed by atoms with van der Waals surface area (Å²) in [5, 5.41) is 12.0. The number of piperazine rings is 3. The highest BCUT2D eigenvalue weighted by molar-refractivity contribution is 8.13. The van der Waals surface area contributed by atoms with Crippen LogP contribution >= 0.6 is 10.7 Å². The van der Waals surface area contributed by atoms with Crippen LogP contribution in [0.4, 0.5) is 9.59 Å². The van der Waals surface area contributed by atoms with Crippen LogP contribution in [0.15, 0.2) is 70.5 Å². The molecule has 3 fully saturated rings. The third kappa shape index (κ3) is 21.7. The minimum absolute atomic E-state index is 0.136. The summed E-state index contributed by atoms with van der Waals surface area (Å²) in [5.74, 6) is 0. The third-order valence-electron chi connectivity index (χ3n) is 5.64. The number of alkyl carbamates (subject to hydrolysis) is 2. The summed E-state index contributed by atoms with van der Waals surface area (Å²) in [6.07, 6.45) is -2.39. The molecule has 278 valence electrons. The van der Waals surface area contributed by atoms with Crippen LogP contribution in [-0.2, 0) is 32.8 Å². The van der Waals surface area contributed by atoms with Gasteiger partial charge in [-0.05, 0) is 65.8 Å². The van der Waals surface area contributed by atoms with E-state index in [1.54, 1.807) is 55.7 Å². The first kappa shape index (κ1) is 32.0. The summed E-state index contributed by atoms with van der Waals surface area (Å²) in [6.45, 7) is 4.63. The number of hydrogen-bond donors (Lipinski definition) is 3.